The van der Waals surface area contributed by atoms with Crippen molar-refractivity contribution in [1.82, 2.24) is 0 Å². The van der Waals surface area contributed by atoms with Crippen molar-refractivity contribution in [2.24, 2.45) is 0 Å². The van der Waals surface area contributed by atoms with Gasteiger partial charge in [0.2, 0.25) is 5.84 Å². The molecule has 0 heterocycles. The number of carbonyl (C=O) groups excluding carboxylic acids is 1. The summed E-state index contributed by atoms with van der Waals surface area (Å²) < 4.78 is 4.40. The van der Waals surface area contributed by atoms with Gasteiger partial charge in [0.15, 0.2) is 8.07 Å². The van der Waals surface area contributed by atoms with Crippen molar-refractivity contribution < 1.29 is 19.2 Å². The number of esters is 1. The molecule has 0 amide bonds. The largest absolute Gasteiger partial charge is 0.465 e. The number of nitro benzene ring substituents is 1. The molecule has 7 nitrogen and oxygen atoms in total. The summed E-state index contributed by atoms with van der Waals surface area (Å²) in [6.45, 7) is 6.31. The molecule has 0 radical (unpaired) electrons. The normalized spacial score (nSPS) is 9.91. The van der Waals surface area contributed by atoms with Crippen LogP contribution in [0.5, 0.6) is 0 Å². The molecule has 120 valence electrons. The molecular weight excluding hydrogens is 349 g/mol. The Kier molecular flexibility index (Phi) is 7.97. The lowest BCUT2D eigenvalue weighted by atomic mass is 10.2. The van der Waals surface area contributed by atoms with Gasteiger partial charge in [-0.1, -0.05) is 42.8 Å². The minimum absolute atomic E-state index is 0.0115. The molecule has 0 bridgehead atoms. The van der Waals surface area contributed by atoms with E-state index < -0.39 is 19.0 Å². The average Bonchev–Trinajstić information content (AvgIpc) is 2.36. The highest BCUT2D eigenvalue weighted by Gasteiger charge is 2.20. The van der Waals surface area contributed by atoms with Gasteiger partial charge in [0, 0.05) is 6.07 Å². The molecule has 10 heteroatoms. The highest BCUT2D eigenvalue weighted by molar-refractivity contribution is 6.98. The quantitative estimate of drug-likeness (QED) is 0.154. The SMILES string of the molecule is COC(=O)c1cc([N+](=O)[O-])c(Cl)cc1Cl.C[Si](C)(C)C=[N+]=[N-]. The topological polar surface area (TPSA) is 106 Å². The number of ether oxygens (including phenoxy) is 1. The average molecular weight is 364 g/mol. The van der Waals surface area contributed by atoms with Crippen molar-refractivity contribution in [1.29, 1.82) is 0 Å². The van der Waals surface area contributed by atoms with E-state index in [1.165, 1.54) is 0 Å². The fourth-order valence-electron chi connectivity index (χ4n) is 1.12. The van der Waals surface area contributed by atoms with Crippen LogP contribution in [0, 0.1) is 10.1 Å². The molecule has 0 aromatic heterocycles. The smallest absolute Gasteiger partial charge is 0.339 e. The number of hydrogen-bond acceptors (Lipinski definition) is 4. The monoisotopic (exact) mass is 363 g/mol. The summed E-state index contributed by atoms with van der Waals surface area (Å²) in [5, 5.41) is 10.4. The maximum Gasteiger partial charge on any atom is 0.339 e. The summed E-state index contributed by atoms with van der Waals surface area (Å²) in [6.07, 6.45) is 0. The first kappa shape index (κ1) is 20.3. The second-order valence-electron chi connectivity index (χ2n) is 5.14. The highest BCUT2D eigenvalue weighted by atomic mass is 35.5. The van der Waals surface area contributed by atoms with Crippen LogP contribution in [0.25, 0.3) is 5.53 Å². The van der Waals surface area contributed by atoms with E-state index in [4.69, 9.17) is 28.7 Å². The summed E-state index contributed by atoms with van der Waals surface area (Å²) in [7, 11) is -0.0470. The molecule has 0 saturated heterocycles. The van der Waals surface area contributed by atoms with E-state index in [0.717, 1.165) is 19.2 Å². The number of nitro groups is 1. The van der Waals surface area contributed by atoms with Crippen LogP contribution in [-0.4, -0.2) is 36.7 Å². The maximum atomic E-state index is 11.1. The Morgan fingerprint density at radius 1 is 1.36 bits per heavy atom. The lowest BCUT2D eigenvalue weighted by Crippen LogP contribution is -2.22. The summed E-state index contributed by atoms with van der Waals surface area (Å²) in [5.41, 5.74) is 7.53. The van der Waals surface area contributed by atoms with Gasteiger partial charge in [-0.25, -0.2) is 4.79 Å². The number of carbonyl (C=O) groups is 1. The molecule has 22 heavy (non-hydrogen) atoms. The van der Waals surface area contributed by atoms with Gasteiger partial charge in [0.25, 0.3) is 5.69 Å². The Balaban J connectivity index is 0.000000534. The second-order valence-corrected chi connectivity index (χ2v) is 10.9. The number of halogens is 2. The Bertz CT molecular complexity index is 626. The molecule has 0 unspecified atom stereocenters. The molecular formula is C12H15Cl2N3O4Si. The van der Waals surface area contributed by atoms with Crippen LogP contribution in [-0.2, 0) is 4.74 Å². The molecule has 0 spiro atoms. The van der Waals surface area contributed by atoms with E-state index in [-0.39, 0.29) is 21.3 Å². The minimum atomic E-state index is -1.20. The number of methoxy groups -OCH3 is 1. The first-order valence-electron chi connectivity index (χ1n) is 5.93. The zero-order valence-electron chi connectivity index (χ0n) is 12.5. The van der Waals surface area contributed by atoms with Crippen LogP contribution in [0.15, 0.2) is 12.1 Å². The first-order valence-corrected chi connectivity index (χ1v) is 10.3. The van der Waals surface area contributed by atoms with E-state index in [9.17, 15) is 14.9 Å². The van der Waals surface area contributed by atoms with Gasteiger partial charge in [-0.15, -0.1) is 0 Å². The molecule has 0 N–H and O–H groups in total. The van der Waals surface area contributed by atoms with Crippen LogP contribution < -0.4 is 0 Å². The molecule has 1 aromatic carbocycles. The summed E-state index contributed by atoms with van der Waals surface area (Å²) >= 11 is 11.2. The Morgan fingerprint density at radius 3 is 2.23 bits per heavy atom. The van der Waals surface area contributed by atoms with Crippen LogP contribution in [0.2, 0.25) is 29.7 Å². The van der Waals surface area contributed by atoms with Crippen LogP contribution in [0.1, 0.15) is 10.4 Å². The van der Waals surface area contributed by atoms with Gasteiger partial charge in [-0.05, 0) is 6.07 Å². The molecule has 0 atom stereocenters. The summed E-state index contributed by atoms with van der Waals surface area (Å²) in [6, 6.07) is 2.12. The fourth-order valence-corrected chi connectivity index (χ4v) is 1.99. The minimum Gasteiger partial charge on any atom is -0.465 e. The lowest BCUT2D eigenvalue weighted by molar-refractivity contribution is -0.384. The van der Waals surface area contributed by atoms with Gasteiger partial charge < -0.3 is 10.3 Å². The standard InChI is InChI=1S/C8H5Cl2NO4.C4H10N2Si/c1-15-8(12)4-2-7(11(13)14)6(10)3-5(4)9;1-7(2,3)4-6-5/h2-3H,1H3;4H,1-3H3. The summed E-state index contributed by atoms with van der Waals surface area (Å²) in [5.74, 6) is 0.882. The van der Waals surface area contributed by atoms with E-state index in [1.54, 1.807) is 5.84 Å². The van der Waals surface area contributed by atoms with Crippen molar-refractivity contribution in [2.45, 2.75) is 19.6 Å². The van der Waals surface area contributed by atoms with E-state index in [0.29, 0.717) is 0 Å². The third-order valence-corrected chi connectivity index (χ3v) is 3.59. The van der Waals surface area contributed by atoms with E-state index >= 15 is 0 Å². The molecule has 1 rings (SSSR count). The third kappa shape index (κ3) is 6.82. The molecule has 0 saturated carbocycles. The Morgan fingerprint density at radius 2 is 1.91 bits per heavy atom. The number of rotatable bonds is 3. The summed E-state index contributed by atoms with van der Waals surface area (Å²) in [4.78, 5) is 23.9. The molecule has 0 aliphatic carbocycles. The third-order valence-electron chi connectivity index (χ3n) is 2.08. The van der Waals surface area contributed by atoms with Crippen LogP contribution in [0.4, 0.5) is 5.69 Å². The van der Waals surface area contributed by atoms with Crippen molar-refractivity contribution in [2.75, 3.05) is 7.11 Å². The predicted octanol–water partition coefficient (Wildman–Crippen LogP) is 3.85. The maximum absolute atomic E-state index is 11.1. The van der Waals surface area contributed by atoms with Crippen molar-refractivity contribution in [3.8, 4) is 0 Å². The van der Waals surface area contributed by atoms with Crippen LogP contribution >= 0.6 is 23.2 Å². The Hall–Kier alpha value is -1.73. The van der Waals surface area contributed by atoms with Crippen molar-refractivity contribution >= 4 is 48.8 Å². The van der Waals surface area contributed by atoms with Gasteiger partial charge in [0.1, 0.15) is 5.02 Å². The molecule has 0 fully saturated rings. The number of hydrogen-bond donors (Lipinski definition) is 0. The van der Waals surface area contributed by atoms with Crippen molar-refractivity contribution in [3.63, 3.8) is 0 Å². The molecule has 0 aliphatic heterocycles. The molecule has 1 aromatic rings. The highest BCUT2D eigenvalue weighted by Crippen LogP contribution is 2.30. The molecule has 0 aliphatic rings. The Labute approximate surface area is 138 Å². The van der Waals surface area contributed by atoms with Crippen LogP contribution in [0.3, 0.4) is 0 Å². The first-order chi connectivity index (χ1) is 10.0. The zero-order valence-corrected chi connectivity index (χ0v) is 15.0. The van der Waals surface area contributed by atoms with Gasteiger partial charge in [-0.2, -0.15) is 4.79 Å². The lowest BCUT2D eigenvalue weighted by Gasteiger charge is -2.02. The number of nitrogens with zero attached hydrogens (tertiary/aromatic N) is 3. The van der Waals surface area contributed by atoms with Gasteiger partial charge >= 0.3 is 5.97 Å². The zero-order chi connectivity index (χ0) is 17.5. The second kappa shape index (κ2) is 8.65. The van der Waals surface area contributed by atoms with E-state index in [1.807, 2.05) is 0 Å². The predicted molar refractivity (Wildman–Crippen MR) is 87.5 cm³/mol. The van der Waals surface area contributed by atoms with Gasteiger partial charge in [0.05, 0.1) is 22.6 Å². The van der Waals surface area contributed by atoms with E-state index in [2.05, 4.69) is 29.2 Å². The fraction of sp³-hybridized carbons (Fsp3) is 0.333. The van der Waals surface area contributed by atoms with Gasteiger partial charge in [-0.3, -0.25) is 10.1 Å². The number of benzene rings is 1. The van der Waals surface area contributed by atoms with Crippen molar-refractivity contribution in [3.05, 3.63) is 43.4 Å².